The number of benzene rings is 3. The molecule has 0 saturated heterocycles. The lowest BCUT2D eigenvalue weighted by Gasteiger charge is -2.37. The third-order valence-electron chi connectivity index (χ3n) is 6.72. The van der Waals surface area contributed by atoms with Gasteiger partial charge in [0.2, 0.25) is 5.82 Å². The Hall–Kier alpha value is -3.84. The fourth-order valence-corrected chi connectivity index (χ4v) is 5.33. The van der Waals surface area contributed by atoms with Gasteiger partial charge in [-0.2, -0.15) is 4.98 Å². The van der Waals surface area contributed by atoms with Crippen molar-refractivity contribution in [1.82, 2.24) is 15.5 Å². The van der Waals surface area contributed by atoms with Crippen molar-refractivity contribution in [3.8, 4) is 11.4 Å². The number of rotatable bonds is 4. The highest BCUT2D eigenvalue weighted by atomic mass is 32.1. The second kappa shape index (κ2) is 8.74. The molecule has 7 heteroatoms. The normalized spacial score (nSPS) is 17.5. The summed E-state index contributed by atoms with van der Waals surface area (Å²) in [4.78, 5) is 6.76. The summed E-state index contributed by atoms with van der Waals surface area (Å²) in [6.45, 7) is 2.01. The zero-order valence-corrected chi connectivity index (χ0v) is 20.0. The maximum Gasteiger partial charge on any atom is 0.258 e. The van der Waals surface area contributed by atoms with E-state index >= 15 is 0 Å². The van der Waals surface area contributed by atoms with Gasteiger partial charge in [0.25, 0.3) is 5.89 Å². The Balaban J connectivity index is 1.49. The van der Waals surface area contributed by atoms with E-state index in [1.807, 2.05) is 42.2 Å². The Bertz CT molecular complexity index is 1450. The third kappa shape index (κ3) is 3.91. The molecular formula is C28H23FN4OS. The Kier molecular flexibility index (Phi) is 5.41. The maximum atomic E-state index is 13.7. The molecule has 1 N–H and O–H groups in total. The first-order valence-electron chi connectivity index (χ1n) is 11.7. The molecule has 0 bridgehead atoms. The van der Waals surface area contributed by atoms with Crippen molar-refractivity contribution in [1.29, 1.82) is 0 Å². The second-order valence-corrected chi connectivity index (χ2v) is 9.25. The fraction of sp³-hybridized carbons (Fsp3) is 0.179. The van der Waals surface area contributed by atoms with E-state index < -0.39 is 0 Å². The Morgan fingerprint density at radius 2 is 1.77 bits per heavy atom. The van der Waals surface area contributed by atoms with Crippen molar-refractivity contribution in [2.24, 2.45) is 0 Å². The number of aromatic nitrogens is 2. The summed E-state index contributed by atoms with van der Waals surface area (Å²) in [6.07, 6.45) is 3.38. The molecule has 6 rings (SSSR count). The molecule has 2 heterocycles. The molecular weight excluding hydrogens is 459 g/mol. The summed E-state index contributed by atoms with van der Waals surface area (Å²) < 4.78 is 19.5. The number of allylic oxidation sites excluding steroid dienone is 1. The lowest BCUT2D eigenvalue weighted by atomic mass is 9.94. The highest BCUT2D eigenvalue weighted by Crippen LogP contribution is 2.40. The number of halogens is 1. The summed E-state index contributed by atoms with van der Waals surface area (Å²) in [5.41, 5.74) is 7.19. The van der Waals surface area contributed by atoms with Gasteiger partial charge in [0.1, 0.15) is 5.82 Å². The molecule has 1 aliphatic carbocycles. The van der Waals surface area contributed by atoms with E-state index in [0.717, 1.165) is 40.9 Å². The Morgan fingerprint density at radius 3 is 2.57 bits per heavy atom. The number of fused-ring (bicyclic) bond motifs is 1. The van der Waals surface area contributed by atoms with Crippen LogP contribution in [0.25, 0.3) is 17.0 Å². The standard InChI is InChI=1S/C28H23FN4OS/c1-17-24(27-31-26(32-34-27)20-6-3-2-4-7-20)25(19-10-13-22(29)14-11-19)30-28(35)33(17)23-15-12-18-8-5-9-21(18)16-23/h2-4,6-7,10-16,25H,5,8-9H2,1H3,(H,30,35). The molecule has 1 atom stereocenters. The quantitative estimate of drug-likeness (QED) is 0.348. The fourth-order valence-electron chi connectivity index (χ4n) is 4.97. The molecule has 35 heavy (non-hydrogen) atoms. The molecule has 0 fully saturated rings. The highest BCUT2D eigenvalue weighted by molar-refractivity contribution is 7.80. The van der Waals surface area contributed by atoms with Crippen LogP contribution in [0.15, 0.2) is 83.0 Å². The summed E-state index contributed by atoms with van der Waals surface area (Å²) in [5, 5.41) is 8.26. The molecule has 0 saturated carbocycles. The topological polar surface area (TPSA) is 54.2 Å². The smallest absolute Gasteiger partial charge is 0.258 e. The summed E-state index contributed by atoms with van der Waals surface area (Å²) in [5.74, 6) is 0.617. The van der Waals surface area contributed by atoms with Crippen molar-refractivity contribution in [3.63, 3.8) is 0 Å². The van der Waals surface area contributed by atoms with Crippen LogP contribution in [0.3, 0.4) is 0 Å². The molecule has 4 aromatic rings. The lowest BCUT2D eigenvalue weighted by molar-refractivity contribution is 0.404. The van der Waals surface area contributed by atoms with Gasteiger partial charge in [0, 0.05) is 16.9 Å². The minimum Gasteiger partial charge on any atom is -0.351 e. The Morgan fingerprint density at radius 1 is 1.00 bits per heavy atom. The zero-order chi connectivity index (χ0) is 23.9. The summed E-state index contributed by atoms with van der Waals surface area (Å²) in [7, 11) is 0. The molecule has 3 aromatic carbocycles. The molecule has 1 unspecified atom stereocenters. The van der Waals surface area contributed by atoms with E-state index in [2.05, 4.69) is 28.7 Å². The Labute approximate surface area is 208 Å². The van der Waals surface area contributed by atoms with Crippen LogP contribution >= 0.6 is 12.2 Å². The van der Waals surface area contributed by atoms with Crippen LogP contribution in [-0.2, 0) is 12.8 Å². The van der Waals surface area contributed by atoms with Crippen molar-refractivity contribution < 1.29 is 8.91 Å². The number of thiocarbonyl (C=S) groups is 1. The molecule has 0 radical (unpaired) electrons. The highest BCUT2D eigenvalue weighted by Gasteiger charge is 2.35. The molecule has 0 spiro atoms. The van der Waals surface area contributed by atoms with Crippen LogP contribution in [0.1, 0.15) is 42.0 Å². The summed E-state index contributed by atoms with van der Waals surface area (Å²) >= 11 is 5.84. The van der Waals surface area contributed by atoms with Crippen molar-refractivity contribution in [2.75, 3.05) is 4.90 Å². The van der Waals surface area contributed by atoms with Gasteiger partial charge in [-0.1, -0.05) is 53.7 Å². The minimum atomic E-state index is -0.363. The van der Waals surface area contributed by atoms with Crippen LogP contribution in [-0.4, -0.2) is 15.3 Å². The molecule has 1 aliphatic heterocycles. The number of nitrogens with one attached hydrogen (secondary N) is 1. The number of hydrogen-bond acceptors (Lipinski definition) is 4. The lowest BCUT2D eigenvalue weighted by Crippen LogP contribution is -2.46. The largest absolute Gasteiger partial charge is 0.351 e. The minimum absolute atomic E-state index is 0.293. The van der Waals surface area contributed by atoms with Crippen LogP contribution < -0.4 is 10.2 Å². The molecule has 5 nitrogen and oxygen atoms in total. The predicted octanol–water partition coefficient (Wildman–Crippen LogP) is 6.23. The van der Waals surface area contributed by atoms with Crippen molar-refractivity contribution in [2.45, 2.75) is 32.2 Å². The zero-order valence-electron chi connectivity index (χ0n) is 19.2. The van der Waals surface area contributed by atoms with Gasteiger partial charge in [-0.05, 0) is 79.4 Å². The monoisotopic (exact) mass is 482 g/mol. The van der Waals surface area contributed by atoms with Gasteiger partial charge in [-0.15, -0.1) is 0 Å². The van der Waals surface area contributed by atoms with E-state index in [4.69, 9.17) is 21.7 Å². The third-order valence-corrected chi connectivity index (χ3v) is 7.02. The first kappa shape index (κ1) is 21.7. The first-order valence-corrected chi connectivity index (χ1v) is 12.1. The average Bonchev–Trinajstić information content (AvgIpc) is 3.54. The average molecular weight is 483 g/mol. The number of anilines is 1. The maximum absolute atomic E-state index is 13.7. The van der Waals surface area contributed by atoms with Gasteiger partial charge < -0.3 is 9.84 Å². The van der Waals surface area contributed by atoms with Gasteiger partial charge in [0.05, 0.1) is 11.6 Å². The number of hydrogen-bond donors (Lipinski definition) is 1. The molecule has 0 amide bonds. The van der Waals surface area contributed by atoms with Crippen LogP contribution in [0.2, 0.25) is 0 Å². The first-order chi connectivity index (χ1) is 17.1. The van der Waals surface area contributed by atoms with E-state index in [0.29, 0.717) is 16.8 Å². The second-order valence-electron chi connectivity index (χ2n) is 8.86. The predicted molar refractivity (Wildman–Crippen MR) is 138 cm³/mol. The molecule has 174 valence electrons. The number of aryl methyl sites for hydroxylation is 2. The van der Waals surface area contributed by atoms with Gasteiger partial charge in [-0.3, -0.25) is 4.90 Å². The van der Waals surface area contributed by atoms with Crippen molar-refractivity contribution in [3.05, 3.63) is 107 Å². The van der Waals surface area contributed by atoms with Crippen LogP contribution in [0.5, 0.6) is 0 Å². The molecule has 2 aliphatic rings. The van der Waals surface area contributed by atoms with E-state index in [1.54, 1.807) is 12.1 Å². The van der Waals surface area contributed by atoms with Gasteiger partial charge in [0.15, 0.2) is 5.11 Å². The van der Waals surface area contributed by atoms with Crippen LogP contribution in [0.4, 0.5) is 10.1 Å². The summed E-state index contributed by atoms with van der Waals surface area (Å²) in [6, 6.07) is 22.3. The van der Waals surface area contributed by atoms with Crippen molar-refractivity contribution >= 4 is 28.6 Å². The molecule has 1 aromatic heterocycles. The van der Waals surface area contributed by atoms with E-state index in [-0.39, 0.29) is 11.9 Å². The van der Waals surface area contributed by atoms with E-state index in [1.165, 1.54) is 29.7 Å². The van der Waals surface area contributed by atoms with Gasteiger partial charge >= 0.3 is 0 Å². The van der Waals surface area contributed by atoms with E-state index in [9.17, 15) is 4.39 Å². The SMILES string of the molecule is CC1=C(c2nc(-c3ccccc3)no2)C(c2ccc(F)cc2)NC(=S)N1c1ccc2c(c1)CCC2. The van der Waals surface area contributed by atoms with Crippen LogP contribution in [0, 0.1) is 5.82 Å². The van der Waals surface area contributed by atoms with Gasteiger partial charge in [-0.25, -0.2) is 4.39 Å². The number of nitrogens with zero attached hydrogens (tertiary/aromatic N) is 3.